The minimum Gasteiger partial charge on any atom is -0.493 e. The monoisotopic (exact) mass is 315 g/mol. The lowest BCUT2D eigenvalue weighted by Gasteiger charge is -2.07. The van der Waals surface area contributed by atoms with Crippen LogP contribution in [0.3, 0.4) is 0 Å². The van der Waals surface area contributed by atoms with Gasteiger partial charge >= 0.3 is 5.63 Å². The molecule has 0 saturated heterocycles. The van der Waals surface area contributed by atoms with Crippen molar-refractivity contribution in [3.8, 4) is 5.75 Å². The topological polar surface area (TPSA) is 68.5 Å². The van der Waals surface area contributed by atoms with E-state index in [-0.39, 0.29) is 11.5 Å². The average molecular weight is 315 g/mol. The molecule has 0 radical (unpaired) electrons. The molecular weight excluding hydrogens is 294 g/mol. The van der Waals surface area contributed by atoms with Crippen LogP contribution in [0.5, 0.6) is 5.75 Å². The fraction of sp³-hybridized carbons (Fsp3) is 0.444. The van der Waals surface area contributed by atoms with Crippen molar-refractivity contribution < 1.29 is 13.9 Å². The minimum atomic E-state index is -0.617. The summed E-state index contributed by atoms with van der Waals surface area (Å²) in [6.07, 6.45) is 4.37. The summed E-state index contributed by atoms with van der Waals surface area (Å²) in [4.78, 5) is 24.2. The molecule has 122 valence electrons. The molecule has 0 atom stereocenters. The lowest BCUT2D eigenvalue weighted by atomic mass is 10.1. The third kappa shape index (κ3) is 3.92. The first-order valence-electron chi connectivity index (χ1n) is 8.16. The predicted molar refractivity (Wildman–Crippen MR) is 87.9 cm³/mol. The Morgan fingerprint density at radius 3 is 2.91 bits per heavy atom. The second kappa shape index (κ2) is 6.86. The highest BCUT2D eigenvalue weighted by atomic mass is 16.5. The van der Waals surface area contributed by atoms with Crippen molar-refractivity contribution in [2.45, 2.75) is 32.6 Å². The van der Waals surface area contributed by atoms with Gasteiger partial charge in [-0.2, -0.15) is 0 Å². The molecule has 0 aliphatic heterocycles. The number of hydrogen-bond acceptors (Lipinski definition) is 4. The predicted octanol–water partition coefficient (Wildman–Crippen LogP) is 3.11. The number of amides is 1. The van der Waals surface area contributed by atoms with Crippen molar-refractivity contribution in [1.82, 2.24) is 5.32 Å². The molecule has 0 bridgehead atoms. The maximum atomic E-state index is 12.1. The Balaban J connectivity index is 1.76. The van der Waals surface area contributed by atoms with Gasteiger partial charge in [0.2, 0.25) is 0 Å². The Hall–Kier alpha value is -2.30. The summed E-state index contributed by atoms with van der Waals surface area (Å²) >= 11 is 0. The van der Waals surface area contributed by atoms with E-state index in [4.69, 9.17) is 9.15 Å². The summed E-state index contributed by atoms with van der Waals surface area (Å²) in [6, 6.07) is 6.87. The Kier molecular flexibility index (Phi) is 4.65. The number of nitrogens with one attached hydrogen (secondary N) is 1. The van der Waals surface area contributed by atoms with Gasteiger partial charge in [0, 0.05) is 18.0 Å². The van der Waals surface area contributed by atoms with Crippen LogP contribution < -0.4 is 15.7 Å². The van der Waals surface area contributed by atoms with Gasteiger partial charge in [-0.15, -0.1) is 0 Å². The largest absolute Gasteiger partial charge is 0.493 e. The third-order valence-electron chi connectivity index (χ3n) is 3.96. The number of rotatable bonds is 7. The Bertz CT molecular complexity index is 761. The van der Waals surface area contributed by atoms with Crippen LogP contribution in [0.4, 0.5) is 0 Å². The first-order valence-corrected chi connectivity index (χ1v) is 8.16. The Morgan fingerprint density at radius 1 is 1.35 bits per heavy atom. The lowest BCUT2D eigenvalue weighted by molar-refractivity contribution is 0.0949. The number of ether oxygens (including phenoxy) is 1. The second-order valence-electron chi connectivity index (χ2n) is 5.98. The molecule has 1 amide bonds. The molecule has 1 aromatic heterocycles. The summed E-state index contributed by atoms with van der Waals surface area (Å²) in [5.74, 6) is 1.03. The van der Waals surface area contributed by atoms with Crippen LogP contribution in [0, 0.1) is 5.92 Å². The van der Waals surface area contributed by atoms with Gasteiger partial charge < -0.3 is 14.5 Å². The Morgan fingerprint density at radius 2 is 2.17 bits per heavy atom. The van der Waals surface area contributed by atoms with Crippen molar-refractivity contribution in [2.75, 3.05) is 13.2 Å². The molecule has 5 heteroatoms. The van der Waals surface area contributed by atoms with Gasteiger partial charge in [0.25, 0.3) is 5.91 Å². The van der Waals surface area contributed by atoms with Crippen LogP contribution in [-0.2, 0) is 0 Å². The quantitative estimate of drug-likeness (QED) is 0.797. The van der Waals surface area contributed by atoms with E-state index < -0.39 is 5.63 Å². The molecule has 1 aliphatic carbocycles. The fourth-order valence-electron chi connectivity index (χ4n) is 2.45. The number of carbonyl (C=O) groups is 1. The molecule has 0 unspecified atom stereocenters. The van der Waals surface area contributed by atoms with Crippen LogP contribution in [0.15, 0.2) is 33.5 Å². The molecule has 1 heterocycles. The molecule has 1 fully saturated rings. The number of hydrogen-bond donors (Lipinski definition) is 1. The van der Waals surface area contributed by atoms with Crippen molar-refractivity contribution in [3.05, 3.63) is 40.2 Å². The van der Waals surface area contributed by atoms with Crippen molar-refractivity contribution >= 4 is 16.9 Å². The fourth-order valence-corrected chi connectivity index (χ4v) is 2.45. The maximum absolute atomic E-state index is 12.1. The summed E-state index contributed by atoms with van der Waals surface area (Å²) in [7, 11) is 0. The van der Waals surface area contributed by atoms with Gasteiger partial charge in [-0.05, 0) is 37.0 Å². The van der Waals surface area contributed by atoms with Crippen molar-refractivity contribution in [2.24, 2.45) is 5.92 Å². The number of benzene rings is 1. The molecule has 5 nitrogen and oxygen atoms in total. The van der Waals surface area contributed by atoms with Crippen LogP contribution in [0.2, 0.25) is 0 Å². The zero-order valence-corrected chi connectivity index (χ0v) is 13.3. The molecule has 1 N–H and O–H groups in total. The summed E-state index contributed by atoms with van der Waals surface area (Å²) in [5, 5.41) is 3.50. The smallest absolute Gasteiger partial charge is 0.349 e. The van der Waals surface area contributed by atoms with Crippen LogP contribution >= 0.6 is 0 Å². The highest BCUT2D eigenvalue weighted by Gasteiger charge is 2.21. The number of fused-ring (bicyclic) bond motifs is 1. The van der Waals surface area contributed by atoms with Gasteiger partial charge in [-0.1, -0.05) is 19.8 Å². The van der Waals surface area contributed by atoms with E-state index in [9.17, 15) is 9.59 Å². The zero-order valence-electron chi connectivity index (χ0n) is 13.3. The van der Waals surface area contributed by atoms with Gasteiger partial charge in [0.05, 0.1) is 6.61 Å². The van der Waals surface area contributed by atoms with Gasteiger partial charge in [-0.25, -0.2) is 4.79 Å². The molecule has 2 aromatic rings. The van der Waals surface area contributed by atoms with Gasteiger partial charge in [0.15, 0.2) is 0 Å². The highest BCUT2D eigenvalue weighted by molar-refractivity contribution is 5.96. The van der Waals surface area contributed by atoms with E-state index in [0.717, 1.165) is 18.8 Å². The molecule has 1 aliphatic rings. The average Bonchev–Trinajstić information content (AvgIpc) is 3.36. The molecule has 23 heavy (non-hydrogen) atoms. The van der Waals surface area contributed by atoms with E-state index in [2.05, 4.69) is 5.32 Å². The SMILES string of the molecule is CCCOc1ccc2cc(C(=O)NCCC3CC3)c(=O)oc2c1. The third-order valence-corrected chi connectivity index (χ3v) is 3.96. The van der Waals surface area contributed by atoms with Gasteiger partial charge in [0.1, 0.15) is 16.9 Å². The highest BCUT2D eigenvalue weighted by Crippen LogP contribution is 2.31. The standard InChI is InChI=1S/C18H21NO4/c1-2-9-22-14-6-5-13-10-15(18(21)23-16(13)11-14)17(20)19-8-7-12-3-4-12/h5-6,10-12H,2-4,7-9H2,1H3,(H,19,20). The first kappa shape index (κ1) is 15.6. The maximum Gasteiger partial charge on any atom is 0.349 e. The number of carbonyl (C=O) groups excluding carboxylic acids is 1. The van der Waals surface area contributed by atoms with E-state index in [1.165, 1.54) is 12.8 Å². The lowest BCUT2D eigenvalue weighted by Crippen LogP contribution is -2.29. The summed E-state index contributed by atoms with van der Waals surface area (Å²) < 4.78 is 10.8. The first-order chi connectivity index (χ1) is 11.2. The molecule has 1 aromatic carbocycles. The van der Waals surface area contributed by atoms with Crippen LogP contribution in [-0.4, -0.2) is 19.1 Å². The van der Waals surface area contributed by atoms with Crippen LogP contribution in [0.25, 0.3) is 11.0 Å². The van der Waals surface area contributed by atoms with Crippen molar-refractivity contribution in [3.63, 3.8) is 0 Å². The van der Waals surface area contributed by atoms with E-state index in [1.54, 1.807) is 18.2 Å². The van der Waals surface area contributed by atoms with E-state index in [1.807, 2.05) is 13.0 Å². The summed E-state index contributed by atoms with van der Waals surface area (Å²) in [5.41, 5.74) is -0.136. The van der Waals surface area contributed by atoms with E-state index in [0.29, 0.717) is 29.9 Å². The normalized spacial score (nSPS) is 14.0. The van der Waals surface area contributed by atoms with E-state index >= 15 is 0 Å². The molecule has 0 spiro atoms. The van der Waals surface area contributed by atoms with Gasteiger partial charge in [-0.3, -0.25) is 4.79 Å². The summed E-state index contributed by atoms with van der Waals surface area (Å²) in [6.45, 7) is 3.23. The minimum absolute atomic E-state index is 0.0514. The second-order valence-corrected chi connectivity index (χ2v) is 5.98. The molecule has 1 saturated carbocycles. The van der Waals surface area contributed by atoms with Crippen LogP contribution in [0.1, 0.15) is 43.0 Å². The molecule has 3 rings (SSSR count). The zero-order chi connectivity index (χ0) is 16.2. The van der Waals surface area contributed by atoms with Crippen molar-refractivity contribution in [1.29, 1.82) is 0 Å². The Labute approximate surface area is 134 Å². The molecular formula is C18H21NO4.